The van der Waals surface area contributed by atoms with Gasteiger partial charge < -0.3 is 15.4 Å². The van der Waals surface area contributed by atoms with Gasteiger partial charge in [0.1, 0.15) is 5.75 Å². The lowest BCUT2D eigenvalue weighted by molar-refractivity contribution is 0.351. The van der Waals surface area contributed by atoms with E-state index in [0.29, 0.717) is 0 Å². The summed E-state index contributed by atoms with van der Waals surface area (Å²) in [5.74, 6) is 2.49. The van der Waals surface area contributed by atoms with Gasteiger partial charge in [0.15, 0.2) is 0 Å². The van der Waals surface area contributed by atoms with Gasteiger partial charge in [0, 0.05) is 36.6 Å². The largest absolute Gasteiger partial charge is 0.497 e. The van der Waals surface area contributed by atoms with Gasteiger partial charge in [0.05, 0.1) is 7.11 Å². The standard InChI is InChI=1S/C16H26N2O/c1-12(2)13-5-4-7-18(8-6-13)15-9-14(17)10-16(11-15)19-3/h9-13H,4-8,17H2,1-3H3. The third-order valence-corrected chi connectivity index (χ3v) is 4.23. The van der Waals surface area contributed by atoms with Crippen molar-refractivity contribution in [2.45, 2.75) is 33.1 Å². The summed E-state index contributed by atoms with van der Waals surface area (Å²) >= 11 is 0. The molecule has 1 aromatic carbocycles. The molecule has 0 saturated carbocycles. The van der Waals surface area contributed by atoms with E-state index in [2.05, 4.69) is 30.9 Å². The van der Waals surface area contributed by atoms with Crippen LogP contribution in [-0.4, -0.2) is 20.2 Å². The van der Waals surface area contributed by atoms with Crippen LogP contribution < -0.4 is 15.4 Å². The van der Waals surface area contributed by atoms with Crippen molar-refractivity contribution in [1.82, 2.24) is 0 Å². The molecule has 0 bridgehead atoms. The summed E-state index contributed by atoms with van der Waals surface area (Å²) in [5.41, 5.74) is 7.92. The molecule has 1 unspecified atom stereocenters. The lowest BCUT2D eigenvalue weighted by Gasteiger charge is -2.24. The van der Waals surface area contributed by atoms with E-state index in [9.17, 15) is 0 Å². The highest BCUT2D eigenvalue weighted by Crippen LogP contribution is 2.30. The third kappa shape index (κ3) is 3.55. The molecular formula is C16H26N2O. The minimum atomic E-state index is 0.777. The number of methoxy groups -OCH3 is 1. The average Bonchev–Trinajstić information content (AvgIpc) is 2.63. The Hall–Kier alpha value is -1.38. The van der Waals surface area contributed by atoms with Gasteiger partial charge >= 0.3 is 0 Å². The van der Waals surface area contributed by atoms with Crippen molar-refractivity contribution < 1.29 is 4.74 Å². The first-order chi connectivity index (χ1) is 9.10. The number of rotatable bonds is 3. The minimum Gasteiger partial charge on any atom is -0.497 e. The Morgan fingerprint density at radius 1 is 1.21 bits per heavy atom. The molecule has 1 aromatic rings. The van der Waals surface area contributed by atoms with Crippen molar-refractivity contribution in [2.24, 2.45) is 11.8 Å². The van der Waals surface area contributed by atoms with Crippen molar-refractivity contribution >= 4 is 11.4 Å². The summed E-state index contributed by atoms with van der Waals surface area (Å²) < 4.78 is 5.31. The van der Waals surface area contributed by atoms with Crippen LogP contribution in [0.4, 0.5) is 11.4 Å². The summed E-state index contributed by atoms with van der Waals surface area (Å²) in [5, 5.41) is 0. The summed E-state index contributed by atoms with van der Waals surface area (Å²) in [6.45, 7) is 6.92. The van der Waals surface area contributed by atoms with Crippen LogP contribution in [0.1, 0.15) is 33.1 Å². The predicted octanol–water partition coefficient (Wildman–Crippen LogP) is 3.54. The van der Waals surface area contributed by atoms with E-state index < -0.39 is 0 Å². The van der Waals surface area contributed by atoms with Crippen LogP contribution in [0.5, 0.6) is 5.75 Å². The quantitative estimate of drug-likeness (QED) is 0.847. The molecule has 2 N–H and O–H groups in total. The molecule has 2 rings (SSSR count). The third-order valence-electron chi connectivity index (χ3n) is 4.23. The number of ether oxygens (including phenoxy) is 1. The van der Waals surface area contributed by atoms with Crippen LogP contribution in [0.2, 0.25) is 0 Å². The maximum Gasteiger partial charge on any atom is 0.122 e. The monoisotopic (exact) mass is 262 g/mol. The first kappa shape index (κ1) is 14.0. The molecule has 19 heavy (non-hydrogen) atoms. The molecule has 1 atom stereocenters. The Balaban J connectivity index is 2.11. The average molecular weight is 262 g/mol. The molecular weight excluding hydrogens is 236 g/mol. The Morgan fingerprint density at radius 2 is 2.00 bits per heavy atom. The lowest BCUT2D eigenvalue weighted by Crippen LogP contribution is -2.24. The number of hydrogen-bond acceptors (Lipinski definition) is 3. The lowest BCUT2D eigenvalue weighted by atomic mass is 9.89. The van der Waals surface area contributed by atoms with Crippen LogP contribution in [0.25, 0.3) is 0 Å². The topological polar surface area (TPSA) is 38.5 Å². The fourth-order valence-electron chi connectivity index (χ4n) is 2.95. The van der Waals surface area contributed by atoms with Crippen LogP contribution in [0, 0.1) is 11.8 Å². The molecule has 0 radical (unpaired) electrons. The van der Waals surface area contributed by atoms with Gasteiger partial charge in [-0.05, 0) is 37.2 Å². The van der Waals surface area contributed by atoms with Gasteiger partial charge in [-0.2, -0.15) is 0 Å². The van der Waals surface area contributed by atoms with Crippen LogP contribution in [-0.2, 0) is 0 Å². The normalized spacial score (nSPS) is 20.4. The second kappa shape index (κ2) is 6.18. The molecule has 1 heterocycles. The van der Waals surface area contributed by atoms with E-state index in [1.807, 2.05) is 6.07 Å². The number of anilines is 2. The zero-order chi connectivity index (χ0) is 13.8. The Morgan fingerprint density at radius 3 is 2.68 bits per heavy atom. The molecule has 106 valence electrons. The van der Waals surface area contributed by atoms with E-state index >= 15 is 0 Å². The van der Waals surface area contributed by atoms with Crippen LogP contribution >= 0.6 is 0 Å². The van der Waals surface area contributed by atoms with E-state index in [0.717, 1.165) is 36.4 Å². The first-order valence-corrected chi connectivity index (χ1v) is 7.29. The molecule has 1 aliphatic heterocycles. The first-order valence-electron chi connectivity index (χ1n) is 7.29. The van der Waals surface area contributed by atoms with Crippen molar-refractivity contribution in [1.29, 1.82) is 0 Å². The summed E-state index contributed by atoms with van der Waals surface area (Å²) in [4.78, 5) is 2.45. The Bertz CT molecular complexity index is 417. The van der Waals surface area contributed by atoms with E-state index in [-0.39, 0.29) is 0 Å². The van der Waals surface area contributed by atoms with Gasteiger partial charge in [-0.3, -0.25) is 0 Å². The van der Waals surface area contributed by atoms with Gasteiger partial charge in [0.2, 0.25) is 0 Å². The molecule has 1 aliphatic rings. The van der Waals surface area contributed by atoms with Crippen molar-refractivity contribution in [3.05, 3.63) is 18.2 Å². The summed E-state index contributed by atoms with van der Waals surface area (Å²) in [6, 6.07) is 6.02. The Labute approximate surface area is 116 Å². The predicted molar refractivity (Wildman–Crippen MR) is 81.8 cm³/mol. The number of nitrogens with two attached hydrogens (primary N) is 1. The number of benzene rings is 1. The SMILES string of the molecule is COc1cc(N)cc(N2CCCC(C(C)C)CC2)c1. The Kier molecular flexibility index (Phi) is 4.56. The van der Waals surface area contributed by atoms with Crippen molar-refractivity contribution in [2.75, 3.05) is 30.8 Å². The highest BCUT2D eigenvalue weighted by Gasteiger charge is 2.20. The molecule has 3 heteroatoms. The fraction of sp³-hybridized carbons (Fsp3) is 0.625. The highest BCUT2D eigenvalue weighted by molar-refractivity contribution is 5.60. The maximum atomic E-state index is 5.95. The summed E-state index contributed by atoms with van der Waals surface area (Å²) in [7, 11) is 1.69. The highest BCUT2D eigenvalue weighted by atomic mass is 16.5. The van der Waals surface area contributed by atoms with E-state index in [1.54, 1.807) is 7.11 Å². The van der Waals surface area contributed by atoms with Crippen molar-refractivity contribution in [3.8, 4) is 5.75 Å². The molecule has 0 aromatic heterocycles. The van der Waals surface area contributed by atoms with Gasteiger partial charge in [0.25, 0.3) is 0 Å². The molecule has 3 nitrogen and oxygen atoms in total. The smallest absolute Gasteiger partial charge is 0.122 e. The van der Waals surface area contributed by atoms with Gasteiger partial charge in [-0.25, -0.2) is 0 Å². The molecule has 0 amide bonds. The number of nitrogen functional groups attached to an aromatic ring is 1. The molecule has 0 aliphatic carbocycles. The maximum absolute atomic E-state index is 5.95. The molecule has 1 saturated heterocycles. The molecule has 1 fully saturated rings. The fourth-order valence-corrected chi connectivity index (χ4v) is 2.95. The van der Waals surface area contributed by atoms with Crippen molar-refractivity contribution in [3.63, 3.8) is 0 Å². The second-order valence-corrected chi connectivity index (χ2v) is 5.89. The zero-order valence-electron chi connectivity index (χ0n) is 12.4. The summed E-state index contributed by atoms with van der Waals surface area (Å²) in [6.07, 6.45) is 3.88. The zero-order valence-corrected chi connectivity index (χ0v) is 12.4. The minimum absolute atomic E-state index is 0.777. The van der Waals surface area contributed by atoms with E-state index in [4.69, 9.17) is 10.5 Å². The van der Waals surface area contributed by atoms with Gasteiger partial charge in [-0.1, -0.05) is 13.8 Å². The number of nitrogens with zero attached hydrogens (tertiary/aromatic N) is 1. The second-order valence-electron chi connectivity index (χ2n) is 5.89. The molecule has 0 spiro atoms. The van der Waals surface area contributed by atoms with Crippen LogP contribution in [0.15, 0.2) is 18.2 Å². The number of hydrogen-bond donors (Lipinski definition) is 1. The van der Waals surface area contributed by atoms with E-state index in [1.165, 1.54) is 24.9 Å². The van der Waals surface area contributed by atoms with Gasteiger partial charge in [-0.15, -0.1) is 0 Å². The van der Waals surface area contributed by atoms with Crippen LogP contribution in [0.3, 0.4) is 0 Å².